The first-order chi connectivity index (χ1) is 8.29. The number of nitrogen functional groups attached to an aromatic ring is 1. The normalized spacial score (nSPS) is 10.2. The minimum Gasteiger partial charge on any atom is -0.360 e. The molecule has 0 spiro atoms. The molecule has 0 atom stereocenters. The summed E-state index contributed by atoms with van der Waals surface area (Å²) in [5.41, 5.74) is 2.14. The molecule has 0 saturated carbocycles. The van der Waals surface area contributed by atoms with E-state index in [9.17, 15) is 4.79 Å². The average molecular weight is 251 g/mol. The van der Waals surface area contributed by atoms with Gasteiger partial charge in [0.1, 0.15) is 12.1 Å². The van der Waals surface area contributed by atoms with Crippen molar-refractivity contribution in [2.45, 2.75) is 10.8 Å². The molecule has 2 heterocycles. The van der Waals surface area contributed by atoms with Gasteiger partial charge in [-0.15, -0.1) is 0 Å². The predicted molar refractivity (Wildman–Crippen MR) is 59.7 cm³/mol. The van der Waals surface area contributed by atoms with Crippen LogP contribution >= 0.6 is 11.8 Å². The Bertz CT molecular complexity index is 501. The first-order valence-corrected chi connectivity index (χ1v) is 5.63. The largest absolute Gasteiger partial charge is 0.360 e. The van der Waals surface area contributed by atoms with E-state index >= 15 is 0 Å². The number of nitrogens with two attached hydrogens (primary N) is 1. The summed E-state index contributed by atoms with van der Waals surface area (Å²) in [7, 11) is 0. The smallest absolute Gasteiger partial charge is 0.287 e. The molecular formula is C9H9N5O2S. The molecule has 17 heavy (non-hydrogen) atoms. The van der Waals surface area contributed by atoms with Gasteiger partial charge in [0.2, 0.25) is 0 Å². The van der Waals surface area contributed by atoms with Gasteiger partial charge in [0.15, 0.2) is 5.69 Å². The van der Waals surface area contributed by atoms with E-state index in [1.54, 1.807) is 12.3 Å². The third kappa shape index (κ3) is 3.02. The number of hydrogen-bond donors (Lipinski definition) is 2. The van der Waals surface area contributed by atoms with E-state index in [1.165, 1.54) is 24.2 Å². The summed E-state index contributed by atoms with van der Waals surface area (Å²) in [5.74, 6) is 5.60. The molecule has 0 aliphatic carbocycles. The van der Waals surface area contributed by atoms with Crippen molar-refractivity contribution in [1.29, 1.82) is 0 Å². The molecule has 1 amide bonds. The van der Waals surface area contributed by atoms with Crippen LogP contribution in [0.15, 0.2) is 34.2 Å². The molecule has 0 saturated heterocycles. The zero-order valence-electron chi connectivity index (χ0n) is 8.66. The standard InChI is InChI=1S/C9H9N5O2S/c10-13-9(15)7-3-6(16-14-7)4-17-8-1-2-11-5-12-8/h1-3,5H,4,10H2,(H,13,15). The van der Waals surface area contributed by atoms with E-state index < -0.39 is 5.91 Å². The SMILES string of the molecule is NNC(=O)c1cc(CSc2ccncn2)on1. The molecule has 8 heteroatoms. The van der Waals surface area contributed by atoms with E-state index in [2.05, 4.69) is 15.1 Å². The molecule has 7 nitrogen and oxygen atoms in total. The van der Waals surface area contributed by atoms with Crippen molar-refractivity contribution < 1.29 is 9.32 Å². The molecule has 0 aromatic carbocycles. The lowest BCUT2D eigenvalue weighted by molar-refractivity contribution is 0.0944. The van der Waals surface area contributed by atoms with Crippen LogP contribution in [0.3, 0.4) is 0 Å². The summed E-state index contributed by atoms with van der Waals surface area (Å²) in [5, 5.41) is 4.41. The maximum atomic E-state index is 11.1. The summed E-state index contributed by atoms with van der Waals surface area (Å²) in [6.45, 7) is 0. The number of nitrogens with one attached hydrogen (secondary N) is 1. The van der Waals surface area contributed by atoms with Gasteiger partial charge in [-0.05, 0) is 6.07 Å². The number of hydrazine groups is 1. The van der Waals surface area contributed by atoms with Gasteiger partial charge in [-0.3, -0.25) is 10.2 Å². The molecule has 0 radical (unpaired) electrons. The van der Waals surface area contributed by atoms with Gasteiger partial charge in [0.25, 0.3) is 5.91 Å². The number of thioether (sulfide) groups is 1. The molecular weight excluding hydrogens is 242 g/mol. The maximum absolute atomic E-state index is 11.1. The number of carbonyl (C=O) groups is 1. The van der Waals surface area contributed by atoms with Gasteiger partial charge >= 0.3 is 0 Å². The number of rotatable bonds is 4. The van der Waals surface area contributed by atoms with Crippen LogP contribution in [-0.2, 0) is 5.75 Å². The molecule has 0 unspecified atom stereocenters. The van der Waals surface area contributed by atoms with Crippen molar-refractivity contribution in [1.82, 2.24) is 20.6 Å². The highest BCUT2D eigenvalue weighted by atomic mass is 32.2. The Morgan fingerprint density at radius 3 is 3.18 bits per heavy atom. The molecule has 2 aromatic rings. The number of amides is 1. The van der Waals surface area contributed by atoms with Gasteiger partial charge in [-0.1, -0.05) is 16.9 Å². The molecule has 2 aromatic heterocycles. The number of hydrogen-bond acceptors (Lipinski definition) is 7. The minimum atomic E-state index is -0.480. The molecule has 0 bridgehead atoms. The summed E-state index contributed by atoms with van der Waals surface area (Å²) in [6, 6.07) is 3.32. The Morgan fingerprint density at radius 2 is 2.47 bits per heavy atom. The number of aromatic nitrogens is 3. The Hall–Kier alpha value is -1.93. The monoisotopic (exact) mass is 251 g/mol. The van der Waals surface area contributed by atoms with Gasteiger partial charge < -0.3 is 4.52 Å². The second-order valence-corrected chi connectivity index (χ2v) is 3.98. The van der Waals surface area contributed by atoms with E-state index in [1.807, 2.05) is 5.43 Å². The quantitative estimate of drug-likeness (QED) is 0.265. The molecule has 2 rings (SSSR count). The van der Waals surface area contributed by atoms with Gasteiger partial charge in [0.05, 0.1) is 10.8 Å². The van der Waals surface area contributed by atoms with E-state index in [0.29, 0.717) is 11.5 Å². The molecule has 0 fully saturated rings. The lowest BCUT2D eigenvalue weighted by Crippen LogP contribution is -2.30. The zero-order valence-corrected chi connectivity index (χ0v) is 9.48. The topological polar surface area (TPSA) is 107 Å². The van der Waals surface area contributed by atoms with Crippen LogP contribution in [-0.4, -0.2) is 21.0 Å². The van der Waals surface area contributed by atoms with Crippen molar-refractivity contribution in [3.05, 3.63) is 36.1 Å². The van der Waals surface area contributed by atoms with Crippen LogP contribution in [0.2, 0.25) is 0 Å². The fourth-order valence-corrected chi connectivity index (χ4v) is 1.78. The average Bonchev–Trinajstić information content (AvgIpc) is 2.85. The lowest BCUT2D eigenvalue weighted by atomic mass is 10.4. The van der Waals surface area contributed by atoms with Crippen LogP contribution in [0.4, 0.5) is 0 Å². The fraction of sp³-hybridized carbons (Fsp3) is 0.111. The summed E-state index contributed by atoms with van der Waals surface area (Å²) in [6.07, 6.45) is 3.12. The zero-order chi connectivity index (χ0) is 12.1. The summed E-state index contributed by atoms with van der Waals surface area (Å²) >= 11 is 1.46. The number of nitrogens with zero attached hydrogens (tertiary/aromatic N) is 3. The van der Waals surface area contributed by atoms with Crippen molar-refractivity contribution >= 4 is 17.7 Å². The van der Waals surface area contributed by atoms with Gasteiger partial charge in [0, 0.05) is 12.3 Å². The Balaban J connectivity index is 1.96. The van der Waals surface area contributed by atoms with Crippen LogP contribution in [0.25, 0.3) is 0 Å². The van der Waals surface area contributed by atoms with Crippen molar-refractivity contribution in [2.75, 3.05) is 0 Å². The predicted octanol–water partition coefficient (Wildman–Crippen LogP) is 0.360. The highest BCUT2D eigenvalue weighted by molar-refractivity contribution is 7.98. The van der Waals surface area contributed by atoms with E-state index in [0.717, 1.165) is 5.03 Å². The third-order valence-electron chi connectivity index (χ3n) is 1.84. The van der Waals surface area contributed by atoms with E-state index in [4.69, 9.17) is 10.4 Å². The second-order valence-electron chi connectivity index (χ2n) is 2.99. The van der Waals surface area contributed by atoms with Crippen LogP contribution in [0.1, 0.15) is 16.2 Å². The third-order valence-corrected chi connectivity index (χ3v) is 2.81. The molecule has 0 aliphatic heterocycles. The lowest BCUT2D eigenvalue weighted by Gasteiger charge is -1.95. The number of carbonyl (C=O) groups excluding carboxylic acids is 1. The van der Waals surface area contributed by atoms with Gasteiger partial charge in [-0.2, -0.15) is 0 Å². The van der Waals surface area contributed by atoms with Crippen molar-refractivity contribution in [3.8, 4) is 0 Å². The van der Waals surface area contributed by atoms with Crippen LogP contribution in [0, 0.1) is 0 Å². The fourth-order valence-electron chi connectivity index (χ4n) is 1.07. The van der Waals surface area contributed by atoms with Gasteiger partial charge in [-0.25, -0.2) is 15.8 Å². The molecule has 88 valence electrons. The molecule has 0 aliphatic rings. The highest BCUT2D eigenvalue weighted by Crippen LogP contribution is 2.20. The van der Waals surface area contributed by atoms with Crippen molar-refractivity contribution in [3.63, 3.8) is 0 Å². The molecule has 3 N–H and O–H groups in total. The summed E-state index contributed by atoms with van der Waals surface area (Å²) in [4.78, 5) is 19.0. The first-order valence-electron chi connectivity index (χ1n) is 4.65. The Kier molecular flexibility index (Phi) is 3.68. The van der Waals surface area contributed by atoms with E-state index in [-0.39, 0.29) is 5.69 Å². The highest BCUT2D eigenvalue weighted by Gasteiger charge is 2.11. The van der Waals surface area contributed by atoms with Crippen LogP contribution < -0.4 is 11.3 Å². The Labute approximate surface area is 101 Å². The summed E-state index contributed by atoms with van der Waals surface area (Å²) < 4.78 is 4.98. The minimum absolute atomic E-state index is 0.158. The van der Waals surface area contributed by atoms with Crippen molar-refractivity contribution in [2.24, 2.45) is 5.84 Å². The Morgan fingerprint density at radius 1 is 1.59 bits per heavy atom. The van der Waals surface area contributed by atoms with Crippen LogP contribution in [0.5, 0.6) is 0 Å². The maximum Gasteiger partial charge on any atom is 0.287 e. The second kappa shape index (κ2) is 5.41. The first kappa shape index (κ1) is 11.6.